The molecule has 2 aliphatic heterocycles. The van der Waals surface area contributed by atoms with Gasteiger partial charge in [0.1, 0.15) is 0 Å². The summed E-state index contributed by atoms with van der Waals surface area (Å²) in [6.45, 7) is 2.46. The lowest BCUT2D eigenvalue weighted by Gasteiger charge is -2.30. The van der Waals surface area contributed by atoms with Crippen LogP contribution >= 0.6 is 11.8 Å². The van der Waals surface area contributed by atoms with E-state index in [9.17, 15) is 9.90 Å². The first kappa shape index (κ1) is 13.0. The molecule has 0 amide bonds. The molecule has 3 atom stereocenters. The van der Waals surface area contributed by atoms with Crippen LogP contribution in [0, 0.1) is 5.41 Å². The van der Waals surface area contributed by atoms with Crippen molar-refractivity contribution in [2.24, 2.45) is 5.41 Å². The Morgan fingerprint density at radius 3 is 3.00 bits per heavy atom. The van der Waals surface area contributed by atoms with E-state index in [1.807, 2.05) is 30.8 Å². The number of hydrogen-bond donors (Lipinski definition) is 1. The van der Waals surface area contributed by atoms with Crippen molar-refractivity contribution in [1.82, 2.24) is 0 Å². The van der Waals surface area contributed by atoms with Crippen molar-refractivity contribution in [3.05, 3.63) is 29.8 Å². The average molecular weight is 278 g/mol. The molecule has 4 heteroatoms. The summed E-state index contributed by atoms with van der Waals surface area (Å²) in [7, 11) is 0. The van der Waals surface area contributed by atoms with Crippen molar-refractivity contribution in [3.8, 4) is 0 Å². The molecule has 3 rings (SSSR count). The Morgan fingerprint density at radius 2 is 2.32 bits per heavy atom. The molecule has 3 unspecified atom stereocenters. The van der Waals surface area contributed by atoms with Gasteiger partial charge in [-0.05, 0) is 37.3 Å². The van der Waals surface area contributed by atoms with E-state index in [1.54, 1.807) is 0 Å². The molecule has 102 valence electrons. The molecule has 2 aliphatic rings. The summed E-state index contributed by atoms with van der Waals surface area (Å²) in [4.78, 5) is 13.1. The van der Waals surface area contributed by atoms with Gasteiger partial charge in [-0.15, -0.1) is 11.8 Å². The molecule has 0 spiro atoms. The Morgan fingerprint density at radius 1 is 1.53 bits per heavy atom. The van der Waals surface area contributed by atoms with Crippen LogP contribution in [0.5, 0.6) is 0 Å². The van der Waals surface area contributed by atoms with Gasteiger partial charge in [0, 0.05) is 17.3 Å². The highest BCUT2D eigenvalue weighted by atomic mass is 32.2. The first-order chi connectivity index (χ1) is 9.13. The van der Waals surface area contributed by atoms with E-state index in [-0.39, 0.29) is 6.10 Å². The second-order valence-corrected chi connectivity index (χ2v) is 6.54. The number of rotatable bonds is 3. The van der Waals surface area contributed by atoms with E-state index in [4.69, 9.17) is 4.74 Å². The molecule has 0 saturated carbocycles. The summed E-state index contributed by atoms with van der Waals surface area (Å²) >= 11 is 1.84. The van der Waals surface area contributed by atoms with Gasteiger partial charge < -0.3 is 9.84 Å². The van der Waals surface area contributed by atoms with E-state index in [0.29, 0.717) is 25.4 Å². The van der Waals surface area contributed by atoms with Gasteiger partial charge in [0.25, 0.3) is 0 Å². The molecule has 1 saturated heterocycles. The van der Waals surface area contributed by atoms with Gasteiger partial charge in [0.2, 0.25) is 0 Å². The maximum atomic E-state index is 11.7. The van der Waals surface area contributed by atoms with E-state index in [2.05, 4.69) is 12.1 Å². The number of ether oxygens (including phenoxy) is 1. The van der Waals surface area contributed by atoms with Crippen LogP contribution < -0.4 is 0 Å². The standard InChI is InChI=1S/C15H18O3S/c1-10-15(14(16)17,6-7-18-10)8-11-9-19-13-5-3-2-4-12(11)13/h2-5,10-11H,6-9H2,1H3,(H,16,17). The number of fused-ring (bicyclic) bond motifs is 1. The Kier molecular flexibility index (Phi) is 3.31. The van der Waals surface area contributed by atoms with Crippen LogP contribution in [-0.4, -0.2) is 29.5 Å². The van der Waals surface area contributed by atoms with Crippen LogP contribution in [0.25, 0.3) is 0 Å². The molecule has 0 aliphatic carbocycles. The minimum absolute atomic E-state index is 0.192. The molecular formula is C15H18O3S. The van der Waals surface area contributed by atoms with E-state index >= 15 is 0 Å². The largest absolute Gasteiger partial charge is 0.481 e. The Hall–Kier alpha value is -1.00. The molecule has 19 heavy (non-hydrogen) atoms. The molecule has 2 heterocycles. The number of carboxylic acids is 1. The quantitative estimate of drug-likeness (QED) is 0.922. The maximum Gasteiger partial charge on any atom is 0.312 e. The van der Waals surface area contributed by atoms with Gasteiger partial charge in [0.05, 0.1) is 11.5 Å². The number of benzene rings is 1. The second-order valence-electron chi connectivity index (χ2n) is 5.47. The van der Waals surface area contributed by atoms with Crippen LogP contribution in [0.3, 0.4) is 0 Å². The van der Waals surface area contributed by atoms with Crippen LogP contribution in [0.4, 0.5) is 0 Å². The van der Waals surface area contributed by atoms with Gasteiger partial charge in [-0.2, -0.15) is 0 Å². The van der Waals surface area contributed by atoms with Gasteiger partial charge in [0.15, 0.2) is 0 Å². The summed E-state index contributed by atoms with van der Waals surface area (Å²) in [5, 5.41) is 9.66. The number of carbonyl (C=O) groups is 1. The molecule has 1 N–H and O–H groups in total. The molecular weight excluding hydrogens is 260 g/mol. The molecule has 0 bridgehead atoms. The number of aliphatic carboxylic acids is 1. The summed E-state index contributed by atoms with van der Waals surface area (Å²) < 4.78 is 5.54. The third-order valence-electron chi connectivity index (χ3n) is 4.53. The fraction of sp³-hybridized carbons (Fsp3) is 0.533. The zero-order valence-electron chi connectivity index (χ0n) is 11.0. The van der Waals surface area contributed by atoms with Gasteiger partial charge >= 0.3 is 5.97 Å². The third-order valence-corrected chi connectivity index (χ3v) is 5.78. The first-order valence-electron chi connectivity index (χ1n) is 6.70. The van der Waals surface area contributed by atoms with Crippen molar-refractivity contribution in [3.63, 3.8) is 0 Å². The lowest BCUT2D eigenvalue weighted by Crippen LogP contribution is -2.38. The van der Waals surface area contributed by atoms with Crippen molar-refractivity contribution < 1.29 is 14.6 Å². The summed E-state index contributed by atoms with van der Waals surface area (Å²) in [6.07, 6.45) is 1.13. The smallest absolute Gasteiger partial charge is 0.312 e. The number of hydrogen-bond acceptors (Lipinski definition) is 3. The van der Waals surface area contributed by atoms with Gasteiger partial charge in [-0.25, -0.2) is 0 Å². The Bertz CT molecular complexity index is 502. The Balaban J connectivity index is 1.87. The molecule has 1 fully saturated rings. The normalized spacial score (nSPS) is 33.3. The summed E-state index contributed by atoms with van der Waals surface area (Å²) in [5.74, 6) is 0.620. The predicted octanol–water partition coefficient (Wildman–Crippen LogP) is 3.15. The van der Waals surface area contributed by atoms with Crippen molar-refractivity contribution in [1.29, 1.82) is 0 Å². The van der Waals surface area contributed by atoms with Crippen molar-refractivity contribution >= 4 is 17.7 Å². The highest BCUT2D eigenvalue weighted by molar-refractivity contribution is 7.99. The van der Waals surface area contributed by atoms with Crippen LogP contribution in [0.1, 0.15) is 31.2 Å². The van der Waals surface area contributed by atoms with E-state index in [0.717, 1.165) is 5.75 Å². The molecule has 0 radical (unpaired) electrons. The molecule has 1 aromatic carbocycles. The van der Waals surface area contributed by atoms with Crippen LogP contribution in [0.15, 0.2) is 29.2 Å². The minimum atomic E-state index is -0.706. The predicted molar refractivity (Wildman–Crippen MR) is 74.6 cm³/mol. The zero-order valence-corrected chi connectivity index (χ0v) is 11.8. The van der Waals surface area contributed by atoms with Gasteiger partial charge in [-0.1, -0.05) is 18.2 Å². The Labute approximate surface area is 117 Å². The number of thioether (sulfide) groups is 1. The van der Waals surface area contributed by atoms with Crippen LogP contribution in [-0.2, 0) is 9.53 Å². The second kappa shape index (κ2) is 4.84. The lowest BCUT2D eigenvalue weighted by atomic mass is 9.73. The maximum absolute atomic E-state index is 11.7. The SMILES string of the molecule is CC1OCCC1(CC1CSc2ccccc21)C(=O)O. The van der Waals surface area contributed by atoms with E-state index in [1.165, 1.54) is 10.5 Å². The summed E-state index contributed by atoms with van der Waals surface area (Å²) in [5.41, 5.74) is 0.607. The molecule has 1 aromatic rings. The van der Waals surface area contributed by atoms with Crippen molar-refractivity contribution in [2.75, 3.05) is 12.4 Å². The molecule has 3 nitrogen and oxygen atoms in total. The highest BCUT2D eigenvalue weighted by Gasteiger charge is 2.50. The fourth-order valence-corrected chi connectivity index (χ4v) is 4.51. The molecule has 0 aromatic heterocycles. The minimum Gasteiger partial charge on any atom is -0.481 e. The zero-order chi connectivity index (χ0) is 13.5. The van der Waals surface area contributed by atoms with Crippen molar-refractivity contribution in [2.45, 2.75) is 36.7 Å². The van der Waals surface area contributed by atoms with Gasteiger partial charge in [-0.3, -0.25) is 4.79 Å². The average Bonchev–Trinajstić information content (AvgIpc) is 2.96. The monoisotopic (exact) mass is 278 g/mol. The third kappa shape index (κ3) is 2.07. The van der Waals surface area contributed by atoms with Crippen LogP contribution in [0.2, 0.25) is 0 Å². The summed E-state index contributed by atoms with van der Waals surface area (Å²) in [6, 6.07) is 8.35. The fourth-order valence-electron chi connectivity index (χ4n) is 3.25. The van der Waals surface area contributed by atoms with E-state index < -0.39 is 11.4 Å². The lowest BCUT2D eigenvalue weighted by molar-refractivity contribution is -0.152. The first-order valence-corrected chi connectivity index (χ1v) is 7.69. The topological polar surface area (TPSA) is 46.5 Å². The number of carboxylic acid groups (broad SMARTS) is 1. The highest BCUT2D eigenvalue weighted by Crippen LogP contribution is 2.49.